The van der Waals surface area contributed by atoms with E-state index in [1.165, 1.54) is 18.2 Å². The van der Waals surface area contributed by atoms with Crippen molar-refractivity contribution in [2.75, 3.05) is 20.4 Å². The SMILES string of the molecule is COc1ccc2c(c1OS(=O)(=O)c1cccs1)CN1CCc3cc4c(cc3C1C2)OCO4. The number of thiophene rings is 1. The van der Waals surface area contributed by atoms with Crippen molar-refractivity contribution < 1.29 is 26.8 Å². The number of fused-ring (bicyclic) bond motifs is 5. The third-order valence-corrected chi connectivity index (χ3v) is 8.93. The Hall–Kier alpha value is -2.75. The summed E-state index contributed by atoms with van der Waals surface area (Å²) in [4.78, 5) is 2.37. The van der Waals surface area contributed by atoms with Crippen LogP contribution in [0.2, 0.25) is 0 Å². The smallest absolute Gasteiger partial charge is 0.348 e. The molecule has 0 aliphatic carbocycles. The van der Waals surface area contributed by atoms with Crippen molar-refractivity contribution in [3.63, 3.8) is 0 Å². The summed E-state index contributed by atoms with van der Waals surface area (Å²) in [6, 6.07) is 11.4. The second kappa shape index (κ2) is 7.40. The molecular formula is C23H21NO6S2. The number of methoxy groups -OCH3 is 1. The van der Waals surface area contributed by atoms with E-state index >= 15 is 0 Å². The summed E-state index contributed by atoms with van der Waals surface area (Å²) in [5, 5.41) is 1.72. The number of ether oxygens (including phenoxy) is 3. The Balaban J connectivity index is 1.40. The van der Waals surface area contributed by atoms with Gasteiger partial charge in [-0.05, 0) is 59.2 Å². The molecule has 32 heavy (non-hydrogen) atoms. The molecule has 0 amide bonds. The molecule has 0 spiro atoms. The highest BCUT2D eigenvalue weighted by atomic mass is 32.3. The van der Waals surface area contributed by atoms with Crippen LogP contribution in [-0.2, 0) is 29.5 Å². The molecule has 166 valence electrons. The molecule has 2 aromatic carbocycles. The third kappa shape index (κ3) is 3.15. The van der Waals surface area contributed by atoms with Gasteiger partial charge in [-0.1, -0.05) is 12.1 Å². The predicted octanol–water partition coefficient (Wildman–Crippen LogP) is 3.91. The van der Waals surface area contributed by atoms with E-state index in [1.807, 2.05) is 6.07 Å². The average molecular weight is 472 g/mol. The molecule has 6 rings (SSSR count). The Morgan fingerprint density at radius 1 is 1.12 bits per heavy atom. The predicted molar refractivity (Wildman–Crippen MR) is 118 cm³/mol. The minimum absolute atomic E-state index is 0.175. The first kappa shape index (κ1) is 19.9. The summed E-state index contributed by atoms with van der Waals surface area (Å²) in [5.41, 5.74) is 4.46. The highest BCUT2D eigenvalue weighted by Crippen LogP contribution is 2.47. The molecule has 1 atom stereocenters. The van der Waals surface area contributed by atoms with Gasteiger partial charge >= 0.3 is 10.1 Å². The van der Waals surface area contributed by atoms with Crippen molar-refractivity contribution in [3.05, 3.63) is 64.0 Å². The van der Waals surface area contributed by atoms with Gasteiger partial charge in [0.25, 0.3) is 0 Å². The fraction of sp³-hybridized carbons (Fsp3) is 0.304. The van der Waals surface area contributed by atoms with Crippen LogP contribution in [0.15, 0.2) is 46.0 Å². The number of nitrogens with zero attached hydrogens (tertiary/aromatic N) is 1. The van der Waals surface area contributed by atoms with Crippen molar-refractivity contribution >= 4 is 21.5 Å². The first-order chi connectivity index (χ1) is 15.5. The molecule has 1 aromatic heterocycles. The Bertz CT molecular complexity index is 1300. The number of rotatable bonds is 4. The summed E-state index contributed by atoms with van der Waals surface area (Å²) >= 11 is 1.13. The summed E-state index contributed by atoms with van der Waals surface area (Å²) < 4.78 is 48.2. The lowest BCUT2D eigenvalue weighted by atomic mass is 9.83. The van der Waals surface area contributed by atoms with Gasteiger partial charge in [0.1, 0.15) is 0 Å². The Morgan fingerprint density at radius 2 is 1.97 bits per heavy atom. The number of hydrogen-bond acceptors (Lipinski definition) is 8. The van der Waals surface area contributed by atoms with E-state index in [0.717, 1.165) is 53.3 Å². The van der Waals surface area contributed by atoms with Gasteiger partial charge in [-0.25, -0.2) is 0 Å². The fourth-order valence-electron chi connectivity index (χ4n) is 4.80. The largest absolute Gasteiger partial charge is 0.493 e. The lowest BCUT2D eigenvalue weighted by Crippen LogP contribution is -2.39. The van der Waals surface area contributed by atoms with Crippen LogP contribution in [-0.4, -0.2) is 33.8 Å². The van der Waals surface area contributed by atoms with Crippen LogP contribution in [0.5, 0.6) is 23.0 Å². The molecule has 4 heterocycles. The Morgan fingerprint density at radius 3 is 2.75 bits per heavy atom. The zero-order valence-corrected chi connectivity index (χ0v) is 19.0. The van der Waals surface area contributed by atoms with Crippen LogP contribution in [0.3, 0.4) is 0 Å². The maximum absolute atomic E-state index is 12.9. The van der Waals surface area contributed by atoms with Crippen molar-refractivity contribution in [1.82, 2.24) is 4.90 Å². The van der Waals surface area contributed by atoms with Crippen LogP contribution in [0.4, 0.5) is 0 Å². The van der Waals surface area contributed by atoms with Crippen LogP contribution in [0, 0.1) is 0 Å². The van der Waals surface area contributed by atoms with Gasteiger partial charge in [0, 0.05) is 24.7 Å². The van der Waals surface area contributed by atoms with Gasteiger partial charge in [0.05, 0.1) is 7.11 Å². The molecule has 0 bridgehead atoms. The van der Waals surface area contributed by atoms with E-state index in [9.17, 15) is 8.42 Å². The van der Waals surface area contributed by atoms with E-state index in [2.05, 4.69) is 17.0 Å². The standard InChI is InChI=1S/C23H21NO6S2/c1-27-19-5-4-14-9-18-16-11-21-20(28-13-29-21)10-15(16)6-7-24(18)12-17(14)23(19)30-32(25,26)22-3-2-8-31-22/h2-5,8,10-11,18H,6-7,9,12-13H2,1H3. The third-order valence-electron chi connectivity index (χ3n) is 6.35. The van der Waals surface area contributed by atoms with Crippen molar-refractivity contribution in [1.29, 1.82) is 0 Å². The summed E-state index contributed by atoms with van der Waals surface area (Å²) in [6.45, 7) is 1.71. The Kier molecular flexibility index (Phi) is 4.60. The van der Waals surface area contributed by atoms with Gasteiger partial charge in [-0.2, -0.15) is 8.42 Å². The quantitative estimate of drug-likeness (QED) is 0.534. The lowest BCUT2D eigenvalue weighted by Gasteiger charge is -2.41. The molecule has 0 saturated carbocycles. The summed E-state index contributed by atoms with van der Waals surface area (Å²) in [5.74, 6) is 2.31. The van der Waals surface area contributed by atoms with E-state index in [0.29, 0.717) is 12.3 Å². The normalized spacial score (nSPS) is 19.1. The van der Waals surface area contributed by atoms with E-state index < -0.39 is 10.1 Å². The first-order valence-corrected chi connectivity index (χ1v) is 12.7. The molecule has 9 heteroatoms. The van der Waals surface area contributed by atoms with E-state index in [1.54, 1.807) is 23.6 Å². The molecule has 7 nitrogen and oxygen atoms in total. The summed E-state index contributed by atoms with van der Waals surface area (Å²) in [6.07, 6.45) is 1.65. The molecular weight excluding hydrogens is 450 g/mol. The fourth-order valence-corrected chi connectivity index (χ4v) is 6.72. The molecule has 3 aromatic rings. The molecule has 1 unspecified atom stereocenters. The van der Waals surface area contributed by atoms with Crippen molar-refractivity contribution in [2.45, 2.75) is 29.6 Å². The van der Waals surface area contributed by atoms with Crippen molar-refractivity contribution in [3.8, 4) is 23.0 Å². The maximum atomic E-state index is 12.9. The minimum Gasteiger partial charge on any atom is -0.493 e. The molecule has 0 fully saturated rings. The lowest BCUT2D eigenvalue weighted by molar-refractivity contribution is 0.159. The van der Waals surface area contributed by atoms with Crippen LogP contribution >= 0.6 is 11.3 Å². The second-order valence-corrected chi connectivity index (χ2v) is 10.8. The summed E-state index contributed by atoms with van der Waals surface area (Å²) in [7, 11) is -2.41. The van der Waals surface area contributed by atoms with Gasteiger partial charge < -0.3 is 18.4 Å². The first-order valence-electron chi connectivity index (χ1n) is 10.4. The molecule has 0 radical (unpaired) electrons. The minimum atomic E-state index is -3.93. The van der Waals surface area contributed by atoms with Crippen LogP contribution < -0.4 is 18.4 Å². The number of hydrogen-bond donors (Lipinski definition) is 0. The second-order valence-electron chi connectivity index (χ2n) is 8.05. The zero-order chi connectivity index (χ0) is 21.9. The zero-order valence-electron chi connectivity index (χ0n) is 17.4. The highest BCUT2D eigenvalue weighted by molar-refractivity contribution is 7.89. The molecule has 0 N–H and O–H groups in total. The van der Waals surface area contributed by atoms with Gasteiger partial charge in [0.15, 0.2) is 27.2 Å². The number of benzene rings is 2. The van der Waals surface area contributed by atoms with E-state index in [4.69, 9.17) is 18.4 Å². The van der Waals surface area contributed by atoms with Gasteiger partial charge in [0.2, 0.25) is 6.79 Å². The highest BCUT2D eigenvalue weighted by Gasteiger charge is 2.36. The molecule has 3 aliphatic heterocycles. The van der Waals surface area contributed by atoms with Gasteiger partial charge in [-0.15, -0.1) is 11.3 Å². The van der Waals surface area contributed by atoms with Gasteiger partial charge in [-0.3, -0.25) is 4.90 Å². The average Bonchev–Trinajstić information content (AvgIpc) is 3.49. The van der Waals surface area contributed by atoms with E-state index in [-0.39, 0.29) is 22.8 Å². The van der Waals surface area contributed by atoms with Crippen LogP contribution in [0.25, 0.3) is 0 Å². The molecule has 3 aliphatic rings. The topological polar surface area (TPSA) is 74.3 Å². The molecule has 0 saturated heterocycles. The monoisotopic (exact) mass is 471 g/mol. The van der Waals surface area contributed by atoms with Crippen molar-refractivity contribution in [2.24, 2.45) is 0 Å². The Labute approximate surface area is 190 Å². The van der Waals surface area contributed by atoms with Crippen LogP contribution in [0.1, 0.15) is 28.3 Å². The maximum Gasteiger partial charge on any atom is 0.348 e.